The highest BCUT2D eigenvalue weighted by molar-refractivity contribution is 5.52. The summed E-state index contributed by atoms with van der Waals surface area (Å²) >= 11 is 0. The second kappa shape index (κ2) is 7.05. The zero-order chi connectivity index (χ0) is 16.2. The first-order valence-electron chi connectivity index (χ1n) is 7.16. The van der Waals surface area contributed by atoms with Gasteiger partial charge in [0.1, 0.15) is 0 Å². The molecule has 1 aliphatic rings. The first-order valence-corrected chi connectivity index (χ1v) is 7.16. The largest absolute Gasteiger partial charge is 0.416 e. The highest BCUT2D eigenvalue weighted by Gasteiger charge is 2.31. The van der Waals surface area contributed by atoms with Crippen LogP contribution < -0.4 is 0 Å². The molecule has 0 spiro atoms. The number of isocyanates is 1. The van der Waals surface area contributed by atoms with Gasteiger partial charge in [0, 0.05) is 32.7 Å². The molecule has 0 atom stereocenters. The summed E-state index contributed by atoms with van der Waals surface area (Å²) in [6.07, 6.45) is -3.16. The number of nitrogens with zero attached hydrogens (tertiary/aromatic N) is 3. The number of alkyl halides is 3. The van der Waals surface area contributed by atoms with Crippen molar-refractivity contribution in [3.05, 3.63) is 29.3 Å². The lowest BCUT2D eigenvalue weighted by Crippen LogP contribution is -2.45. The van der Waals surface area contributed by atoms with Gasteiger partial charge in [-0.2, -0.15) is 18.2 Å². The van der Waals surface area contributed by atoms with Crippen LogP contribution in [-0.2, 0) is 17.5 Å². The molecular formula is C15H18F3N3O. The summed E-state index contributed by atoms with van der Waals surface area (Å²) in [6.45, 7) is 6.95. The smallest absolute Gasteiger partial charge is 0.301 e. The number of benzene rings is 1. The van der Waals surface area contributed by atoms with Crippen molar-refractivity contribution in [3.63, 3.8) is 0 Å². The molecule has 0 bridgehead atoms. The first kappa shape index (κ1) is 16.7. The second-order valence-electron chi connectivity index (χ2n) is 5.30. The first-order chi connectivity index (χ1) is 10.4. The highest BCUT2D eigenvalue weighted by Crippen LogP contribution is 2.33. The van der Waals surface area contributed by atoms with Gasteiger partial charge in [0.2, 0.25) is 6.08 Å². The van der Waals surface area contributed by atoms with E-state index in [9.17, 15) is 18.0 Å². The van der Waals surface area contributed by atoms with E-state index in [0.29, 0.717) is 12.1 Å². The monoisotopic (exact) mass is 313 g/mol. The van der Waals surface area contributed by atoms with Gasteiger partial charge in [-0.05, 0) is 30.3 Å². The Morgan fingerprint density at radius 2 is 1.77 bits per heavy atom. The summed E-state index contributed by atoms with van der Waals surface area (Å²) in [5, 5.41) is 0. The number of hydrogen-bond acceptors (Lipinski definition) is 4. The number of aliphatic imine (C=N–C) groups is 1. The van der Waals surface area contributed by atoms with Crippen LogP contribution in [0.4, 0.5) is 18.9 Å². The average molecular weight is 313 g/mol. The van der Waals surface area contributed by atoms with Crippen molar-refractivity contribution in [2.45, 2.75) is 19.6 Å². The maximum absolute atomic E-state index is 12.9. The highest BCUT2D eigenvalue weighted by atomic mass is 19.4. The van der Waals surface area contributed by atoms with E-state index in [1.165, 1.54) is 12.1 Å². The van der Waals surface area contributed by atoms with E-state index in [1.54, 1.807) is 0 Å². The zero-order valence-electron chi connectivity index (χ0n) is 12.4. The molecule has 1 aromatic rings. The molecule has 4 nitrogen and oxygen atoms in total. The maximum Gasteiger partial charge on any atom is 0.416 e. The van der Waals surface area contributed by atoms with Crippen LogP contribution in [0, 0.1) is 0 Å². The summed E-state index contributed by atoms with van der Waals surface area (Å²) in [5.41, 5.74) is -0.285. The molecule has 0 aromatic heterocycles. The van der Waals surface area contributed by atoms with Gasteiger partial charge in [-0.25, -0.2) is 4.79 Å². The predicted molar refractivity (Wildman–Crippen MR) is 76.6 cm³/mol. The fourth-order valence-electron chi connectivity index (χ4n) is 2.57. The third-order valence-electron chi connectivity index (χ3n) is 3.80. The van der Waals surface area contributed by atoms with Crippen molar-refractivity contribution in [1.29, 1.82) is 0 Å². The topological polar surface area (TPSA) is 35.9 Å². The van der Waals surface area contributed by atoms with Crippen LogP contribution in [0.25, 0.3) is 0 Å². The van der Waals surface area contributed by atoms with Crippen molar-refractivity contribution >= 4 is 11.8 Å². The Labute approximate surface area is 127 Å². The number of piperazine rings is 1. The van der Waals surface area contributed by atoms with Crippen LogP contribution in [0.5, 0.6) is 0 Å². The van der Waals surface area contributed by atoms with Crippen molar-refractivity contribution in [2.24, 2.45) is 4.99 Å². The second-order valence-corrected chi connectivity index (χ2v) is 5.30. The molecule has 0 N–H and O–H groups in total. The van der Waals surface area contributed by atoms with Gasteiger partial charge < -0.3 is 4.90 Å². The summed E-state index contributed by atoms with van der Waals surface area (Å²) in [6, 6.07) is 3.49. The average Bonchev–Trinajstić information content (AvgIpc) is 2.47. The molecule has 22 heavy (non-hydrogen) atoms. The Morgan fingerprint density at radius 1 is 1.14 bits per heavy atom. The Hall–Kier alpha value is -1.69. The number of carbonyl (C=O) groups excluding carboxylic acids is 1. The summed E-state index contributed by atoms with van der Waals surface area (Å²) < 4.78 is 38.7. The Kier molecular flexibility index (Phi) is 5.34. The molecule has 1 aromatic carbocycles. The van der Waals surface area contributed by atoms with Crippen LogP contribution in [0.3, 0.4) is 0 Å². The number of halogens is 3. The molecule has 0 amide bonds. The minimum absolute atomic E-state index is 0.00739. The fraction of sp³-hybridized carbons (Fsp3) is 0.533. The molecule has 0 radical (unpaired) electrons. The van der Waals surface area contributed by atoms with Crippen molar-refractivity contribution in [2.75, 3.05) is 32.7 Å². The molecule has 1 heterocycles. The van der Waals surface area contributed by atoms with E-state index in [-0.39, 0.29) is 5.69 Å². The van der Waals surface area contributed by atoms with E-state index in [4.69, 9.17) is 0 Å². The Bertz CT molecular complexity index is 560. The van der Waals surface area contributed by atoms with E-state index >= 15 is 0 Å². The Morgan fingerprint density at radius 3 is 2.32 bits per heavy atom. The summed E-state index contributed by atoms with van der Waals surface area (Å²) in [4.78, 5) is 18.0. The van der Waals surface area contributed by atoms with E-state index in [2.05, 4.69) is 21.7 Å². The molecule has 1 aliphatic heterocycles. The van der Waals surface area contributed by atoms with Crippen LogP contribution in [0.2, 0.25) is 0 Å². The molecule has 1 saturated heterocycles. The van der Waals surface area contributed by atoms with Gasteiger partial charge in [-0.1, -0.05) is 6.92 Å². The number of hydrogen-bond donors (Lipinski definition) is 0. The third-order valence-corrected chi connectivity index (χ3v) is 3.80. The maximum atomic E-state index is 12.9. The summed E-state index contributed by atoms with van der Waals surface area (Å²) in [5.74, 6) is 0. The van der Waals surface area contributed by atoms with Crippen molar-refractivity contribution < 1.29 is 18.0 Å². The van der Waals surface area contributed by atoms with E-state index in [1.807, 2.05) is 0 Å². The molecule has 1 fully saturated rings. The van der Waals surface area contributed by atoms with Gasteiger partial charge in [0.05, 0.1) is 11.3 Å². The normalized spacial score (nSPS) is 17.3. The fourth-order valence-corrected chi connectivity index (χ4v) is 2.57. The Balaban J connectivity index is 2.16. The molecule has 7 heteroatoms. The van der Waals surface area contributed by atoms with Gasteiger partial charge in [-0.3, -0.25) is 4.90 Å². The number of rotatable bonds is 4. The van der Waals surface area contributed by atoms with Crippen molar-refractivity contribution in [3.8, 4) is 0 Å². The summed E-state index contributed by atoms with van der Waals surface area (Å²) in [7, 11) is 0. The van der Waals surface area contributed by atoms with Crippen LogP contribution in [-0.4, -0.2) is 48.6 Å². The zero-order valence-corrected chi connectivity index (χ0v) is 12.4. The van der Waals surface area contributed by atoms with Gasteiger partial charge in [0.15, 0.2) is 0 Å². The lowest BCUT2D eigenvalue weighted by Gasteiger charge is -2.34. The molecule has 0 unspecified atom stereocenters. The molecular weight excluding hydrogens is 295 g/mol. The van der Waals surface area contributed by atoms with Crippen molar-refractivity contribution in [1.82, 2.24) is 9.80 Å². The van der Waals surface area contributed by atoms with E-state index in [0.717, 1.165) is 44.9 Å². The quantitative estimate of drug-likeness (QED) is 0.633. The number of likely N-dealkylation sites (N-methyl/N-ethyl adjacent to an activating group) is 1. The van der Waals surface area contributed by atoms with Crippen LogP contribution >= 0.6 is 0 Å². The molecule has 2 rings (SSSR count). The third kappa shape index (κ3) is 4.40. The minimum Gasteiger partial charge on any atom is -0.301 e. The van der Waals surface area contributed by atoms with Gasteiger partial charge in [0.25, 0.3) is 0 Å². The van der Waals surface area contributed by atoms with E-state index < -0.39 is 11.7 Å². The van der Waals surface area contributed by atoms with Crippen LogP contribution in [0.1, 0.15) is 18.1 Å². The molecule has 120 valence electrons. The molecule has 0 saturated carbocycles. The van der Waals surface area contributed by atoms with Gasteiger partial charge >= 0.3 is 6.18 Å². The SMILES string of the molecule is CCN1CCN(Cc2cc(N=C=O)cc(C(F)(F)F)c2)CC1. The molecule has 0 aliphatic carbocycles. The predicted octanol–water partition coefficient (Wildman–Crippen LogP) is 2.81. The van der Waals surface area contributed by atoms with Gasteiger partial charge in [-0.15, -0.1) is 0 Å². The lowest BCUT2D eigenvalue weighted by atomic mass is 10.1. The van der Waals surface area contributed by atoms with Crippen LogP contribution in [0.15, 0.2) is 23.2 Å². The minimum atomic E-state index is -4.45. The standard InChI is InChI=1S/C15H18F3N3O/c1-2-20-3-5-21(6-4-20)10-12-7-13(15(16,17)18)9-14(8-12)19-11-22/h7-9H,2-6,10H2,1H3. The lowest BCUT2D eigenvalue weighted by molar-refractivity contribution is -0.137.